The van der Waals surface area contributed by atoms with Crippen molar-refractivity contribution in [3.8, 4) is 5.88 Å². The number of carbonyl (C=O) groups excluding carboxylic acids is 1. The molecule has 1 aromatic heterocycles. The van der Waals surface area contributed by atoms with Gasteiger partial charge in [-0.15, -0.1) is 0 Å². The van der Waals surface area contributed by atoms with E-state index >= 15 is 0 Å². The summed E-state index contributed by atoms with van der Waals surface area (Å²) in [5.41, 5.74) is 0.542. The van der Waals surface area contributed by atoms with Gasteiger partial charge in [0.25, 0.3) is 5.91 Å². The van der Waals surface area contributed by atoms with Crippen LogP contribution >= 0.6 is 11.6 Å². The number of hydrogen-bond acceptors (Lipinski definition) is 6. The third kappa shape index (κ3) is 5.94. The van der Waals surface area contributed by atoms with E-state index in [1.807, 2.05) is 0 Å². The van der Waals surface area contributed by atoms with Gasteiger partial charge >= 0.3 is 0 Å². The number of amides is 1. The molecule has 2 heterocycles. The minimum Gasteiger partial charge on any atom is -0.474 e. The lowest BCUT2D eigenvalue weighted by Gasteiger charge is -2.21. The third-order valence-electron chi connectivity index (χ3n) is 4.92. The molecule has 1 aliphatic heterocycles. The molecule has 2 aromatic rings. The fourth-order valence-corrected chi connectivity index (χ4v) is 5.30. The number of ether oxygens (including phenoxy) is 2. The number of methoxy groups -OCH3 is 1. The number of rotatable bonds is 8. The zero-order valence-electron chi connectivity index (χ0n) is 17.3. The summed E-state index contributed by atoms with van der Waals surface area (Å²) in [6.07, 6.45) is 5.17. The molecule has 10 heteroatoms. The Morgan fingerprint density at radius 3 is 2.61 bits per heavy atom. The maximum Gasteiger partial charge on any atom is 0.255 e. The second kappa shape index (κ2) is 10.9. The van der Waals surface area contributed by atoms with Crippen molar-refractivity contribution in [2.75, 3.05) is 38.7 Å². The molecule has 1 amide bonds. The summed E-state index contributed by atoms with van der Waals surface area (Å²) in [4.78, 5) is 16.9. The van der Waals surface area contributed by atoms with Crippen molar-refractivity contribution in [3.05, 3.63) is 47.1 Å². The molecule has 1 N–H and O–H groups in total. The minimum absolute atomic E-state index is 0.0635. The fraction of sp³-hybridized carbons (Fsp3) is 0.429. The van der Waals surface area contributed by atoms with Crippen molar-refractivity contribution in [2.24, 2.45) is 0 Å². The van der Waals surface area contributed by atoms with Crippen molar-refractivity contribution in [2.45, 2.75) is 30.6 Å². The predicted octanol–water partition coefficient (Wildman–Crippen LogP) is 3.58. The summed E-state index contributed by atoms with van der Waals surface area (Å²) in [5, 5.41) is 2.81. The van der Waals surface area contributed by atoms with E-state index in [2.05, 4.69) is 10.3 Å². The molecule has 168 valence electrons. The molecule has 0 atom stereocenters. The Balaban J connectivity index is 1.82. The average Bonchev–Trinajstić information content (AvgIpc) is 3.05. The molecule has 0 aliphatic carbocycles. The highest BCUT2D eigenvalue weighted by Gasteiger charge is 2.28. The molecule has 0 unspecified atom stereocenters. The first-order valence-electron chi connectivity index (χ1n) is 10.1. The topological polar surface area (TPSA) is 97.8 Å². The Hall–Kier alpha value is -2.20. The number of nitrogens with one attached hydrogen (secondary N) is 1. The van der Waals surface area contributed by atoms with Gasteiger partial charge < -0.3 is 14.8 Å². The van der Waals surface area contributed by atoms with Crippen LogP contribution in [0.3, 0.4) is 0 Å². The SMILES string of the molecule is COCCOc1ncccc1NC(=O)c1ccc(Cl)c(S(=O)(=O)N2CCCCCC2)c1. The predicted molar refractivity (Wildman–Crippen MR) is 118 cm³/mol. The van der Waals surface area contributed by atoms with Gasteiger partial charge in [-0.1, -0.05) is 24.4 Å². The van der Waals surface area contributed by atoms with E-state index in [0.29, 0.717) is 25.4 Å². The van der Waals surface area contributed by atoms with Crippen molar-refractivity contribution in [1.82, 2.24) is 9.29 Å². The number of nitrogens with zero attached hydrogens (tertiary/aromatic N) is 2. The molecule has 1 aromatic carbocycles. The third-order valence-corrected chi connectivity index (χ3v) is 7.30. The second-order valence-corrected chi connectivity index (χ2v) is 9.43. The molecule has 3 rings (SSSR count). The van der Waals surface area contributed by atoms with Crippen LogP contribution in [-0.4, -0.2) is 57.0 Å². The van der Waals surface area contributed by atoms with Crippen LogP contribution in [-0.2, 0) is 14.8 Å². The zero-order chi connectivity index (χ0) is 22.3. The van der Waals surface area contributed by atoms with E-state index in [9.17, 15) is 13.2 Å². The summed E-state index contributed by atoms with van der Waals surface area (Å²) >= 11 is 6.22. The number of halogens is 1. The van der Waals surface area contributed by atoms with Gasteiger partial charge in [0.1, 0.15) is 17.2 Å². The molecule has 31 heavy (non-hydrogen) atoms. The van der Waals surface area contributed by atoms with Crippen LogP contribution in [0.4, 0.5) is 5.69 Å². The molecule has 0 bridgehead atoms. The molecule has 1 saturated heterocycles. The highest BCUT2D eigenvalue weighted by atomic mass is 35.5. The Morgan fingerprint density at radius 1 is 1.16 bits per heavy atom. The number of pyridine rings is 1. The number of benzene rings is 1. The number of aromatic nitrogens is 1. The Kier molecular flexibility index (Phi) is 8.25. The monoisotopic (exact) mass is 467 g/mol. The van der Waals surface area contributed by atoms with Crippen LogP contribution in [0, 0.1) is 0 Å². The van der Waals surface area contributed by atoms with E-state index < -0.39 is 15.9 Å². The molecular weight excluding hydrogens is 442 g/mol. The van der Waals surface area contributed by atoms with Gasteiger partial charge in [-0.2, -0.15) is 4.31 Å². The van der Waals surface area contributed by atoms with Gasteiger partial charge in [0, 0.05) is 32.0 Å². The van der Waals surface area contributed by atoms with Crippen molar-refractivity contribution >= 4 is 33.2 Å². The van der Waals surface area contributed by atoms with E-state index in [-0.39, 0.29) is 28.0 Å². The van der Waals surface area contributed by atoms with E-state index in [1.165, 1.54) is 22.5 Å². The lowest BCUT2D eigenvalue weighted by atomic mass is 10.2. The van der Waals surface area contributed by atoms with Gasteiger partial charge in [0.15, 0.2) is 0 Å². The minimum atomic E-state index is -3.80. The van der Waals surface area contributed by atoms with Gasteiger partial charge in [0.2, 0.25) is 15.9 Å². The van der Waals surface area contributed by atoms with Crippen LogP contribution < -0.4 is 10.1 Å². The first-order valence-corrected chi connectivity index (χ1v) is 11.9. The highest BCUT2D eigenvalue weighted by molar-refractivity contribution is 7.89. The van der Waals surface area contributed by atoms with Crippen molar-refractivity contribution < 1.29 is 22.7 Å². The molecule has 0 spiro atoms. The van der Waals surface area contributed by atoms with Crippen LogP contribution in [0.1, 0.15) is 36.0 Å². The van der Waals surface area contributed by atoms with E-state index in [1.54, 1.807) is 25.4 Å². The number of hydrogen-bond donors (Lipinski definition) is 1. The fourth-order valence-electron chi connectivity index (χ4n) is 3.28. The van der Waals surface area contributed by atoms with Crippen LogP contribution in [0.5, 0.6) is 5.88 Å². The largest absolute Gasteiger partial charge is 0.474 e. The normalized spacial score (nSPS) is 15.3. The summed E-state index contributed by atoms with van der Waals surface area (Å²) in [6.45, 7) is 1.55. The molecule has 0 radical (unpaired) electrons. The molecule has 1 aliphatic rings. The standard InChI is InChI=1S/C21H26ClN3O5S/c1-29-13-14-30-21-18(7-6-10-23-21)24-20(26)16-8-9-17(22)19(15-16)31(27,28)25-11-4-2-3-5-12-25/h6-10,15H,2-5,11-14H2,1H3,(H,24,26). The molecule has 1 fully saturated rings. The maximum atomic E-state index is 13.2. The van der Waals surface area contributed by atoms with E-state index in [0.717, 1.165) is 25.7 Å². The lowest BCUT2D eigenvalue weighted by Crippen LogP contribution is -2.32. The quantitative estimate of drug-likeness (QED) is 0.596. The van der Waals surface area contributed by atoms with Crippen LogP contribution in [0.25, 0.3) is 0 Å². The summed E-state index contributed by atoms with van der Waals surface area (Å²) in [6, 6.07) is 7.55. The average molecular weight is 468 g/mol. The summed E-state index contributed by atoms with van der Waals surface area (Å²) in [5.74, 6) is -0.243. The zero-order valence-corrected chi connectivity index (χ0v) is 18.9. The summed E-state index contributed by atoms with van der Waals surface area (Å²) < 4.78 is 38.3. The van der Waals surface area contributed by atoms with Crippen LogP contribution in [0.15, 0.2) is 41.4 Å². The Bertz CT molecular complexity index is 1010. The second-order valence-electron chi connectivity index (χ2n) is 7.12. The van der Waals surface area contributed by atoms with Crippen LogP contribution in [0.2, 0.25) is 5.02 Å². The number of anilines is 1. The Morgan fingerprint density at radius 2 is 1.90 bits per heavy atom. The smallest absolute Gasteiger partial charge is 0.255 e. The first-order chi connectivity index (χ1) is 14.9. The van der Waals surface area contributed by atoms with Gasteiger partial charge in [0.05, 0.1) is 11.6 Å². The maximum absolute atomic E-state index is 13.2. The first kappa shape index (κ1) is 23.5. The van der Waals surface area contributed by atoms with Crippen molar-refractivity contribution in [1.29, 1.82) is 0 Å². The molecule has 8 nitrogen and oxygen atoms in total. The Labute approximate surface area is 187 Å². The van der Waals surface area contributed by atoms with Gasteiger partial charge in [-0.05, 0) is 43.2 Å². The van der Waals surface area contributed by atoms with Gasteiger partial charge in [-0.3, -0.25) is 4.79 Å². The molecule has 0 saturated carbocycles. The van der Waals surface area contributed by atoms with Crippen molar-refractivity contribution in [3.63, 3.8) is 0 Å². The van der Waals surface area contributed by atoms with Gasteiger partial charge in [-0.25, -0.2) is 13.4 Å². The highest BCUT2D eigenvalue weighted by Crippen LogP contribution is 2.28. The van der Waals surface area contributed by atoms with E-state index in [4.69, 9.17) is 21.1 Å². The number of sulfonamides is 1. The lowest BCUT2D eigenvalue weighted by molar-refractivity contribution is 0.102. The number of carbonyl (C=O) groups is 1. The summed E-state index contributed by atoms with van der Waals surface area (Å²) in [7, 11) is -2.24. The molecular formula is C21H26ClN3O5S.